The lowest BCUT2D eigenvalue weighted by Crippen LogP contribution is -2.12. The molecule has 0 heterocycles. The molecule has 0 aliphatic carbocycles. The Morgan fingerprint density at radius 3 is 2.50 bits per heavy atom. The lowest BCUT2D eigenvalue weighted by atomic mass is 10.1. The number of rotatable bonds is 3. The Labute approximate surface area is 79.6 Å². The Kier molecular flexibility index (Phi) is 2.71. The number of ketones is 1. The first-order valence-corrected chi connectivity index (χ1v) is 3.71. The highest BCUT2D eigenvalue weighted by Crippen LogP contribution is 2.23. The predicted octanol–water partition coefficient (Wildman–Crippen LogP) is 0.668. The van der Waals surface area contributed by atoms with Crippen LogP contribution >= 0.6 is 0 Å². The van der Waals surface area contributed by atoms with Crippen molar-refractivity contribution in [1.82, 2.24) is 0 Å². The maximum Gasteiger partial charge on any atom is 0.377 e. The normalized spacial score (nSPS) is 9.50. The van der Waals surface area contributed by atoms with Gasteiger partial charge in [-0.3, -0.25) is 4.79 Å². The van der Waals surface area contributed by atoms with Gasteiger partial charge in [0.2, 0.25) is 0 Å². The highest BCUT2D eigenvalue weighted by atomic mass is 16.5. The Balaban J connectivity index is 3.19. The van der Waals surface area contributed by atoms with Crippen molar-refractivity contribution in [3.8, 4) is 11.5 Å². The highest BCUT2D eigenvalue weighted by molar-refractivity contribution is 6.40. The van der Waals surface area contributed by atoms with E-state index in [2.05, 4.69) is 0 Å². The Morgan fingerprint density at radius 1 is 1.36 bits per heavy atom. The lowest BCUT2D eigenvalue weighted by molar-refractivity contribution is -0.131. The van der Waals surface area contributed by atoms with Crippen LogP contribution in [-0.2, 0) is 4.79 Å². The van der Waals surface area contributed by atoms with Crippen molar-refractivity contribution in [2.24, 2.45) is 0 Å². The molecule has 0 unspecified atom stereocenters. The number of carboxylic acid groups (broad SMARTS) is 1. The molecule has 2 N–H and O–H groups in total. The third-order valence-electron chi connectivity index (χ3n) is 1.64. The summed E-state index contributed by atoms with van der Waals surface area (Å²) in [5, 5.41) is 17.6. The summed E-state index contributed by atoms with van der Waals surface area (Å²) in [6.45, 7) is 0. The van der Waals surface area contributed by atoms with E-state index in [4.69, 9.17) is 9.84 Å². The summed E-state index contributed by atoms with van der Waals surface area (Å²) < 4.78 is 4.78. The van der Waals surface area contributed by atoms with Gasteiger partial charge >= 0.3 is 5.97 Å². The SMILES string of the molecule is COc1ccc(O)c(C(=O)C(=O)O)c1. The summed E-state index contributed by atoms with van der Waals surface area (Å²) in [7, 11) is 1.38. The zero-order valence-corrected chi connectivity index (χ0v) is 7.35. The maximum atomic E-state index is 11.0. The van der Waals surface area contributed by atoms with Gasteiger partial charge in [0.15, 0.2) is 0 Å². The number of carboxylic acids is 1. The van der Waals surface area contributed by atoms with Gasteiger partial charge in [0.1, 0.15) is 11.5 Å². The number of carbonyl (C=O) groups excluding carboxylic acids is 1. The summed E-state index contributed by atoms with van der Waals surface area (Å²) in [5.41, 5.74) is -0.281. The molecular weight excluding hydrogens is 188 g/mol. The van der Waals surface area contributed by atoms with Gasteiger partial charge < -0.3 is 14.9 Å². The van der Waals surface area contributed by atoms with E-state index >= 15 is 0 Å². The molecule has 0 aromatic heterocycles. The minimum atomic E-state index is -1.62. The molecule has 0 saturated heterocycles. The van der Waals surface area contributed by atoms with Crippen LogP contribution in [0.5, 0.6) is 11.5 Å². The largest absolute Gasteiger partial charge is 0.507 e. The minimum absolute atomic E-state index is 0.281. The average Bonchev–Trinajstić information content (AvgIpc) is 2.17. The quantitative estimate of drug-likeness (QED) is 0.548. The molecular formula is C9H8O5. The highest BCUT2D eigenvalue weighted by Gasteiger charge is 2.18. The van der Waals surface area contributed by atoms with E-state index in [0.717, 1.165) is 0 Å². The van der Waals surface area contributed by atoms with E-state index in [1.165, 1.54) is 25.3 Å². The minimum Gasteiger partial charge on any atom is -0.507 e. The third kappa shape index (κ3) is 1.82. The van der Waals surface area contributed by atoms with Crippen LogP contribution < -0.4 is 4.74 Å². The fourth-order valence-corrected chi connectivity index (χ4v) is 0.939. The van der Waals surface area contributed by atoms with Gasteiger partial charge in [-0.25, -0.2) is 4.79 Å². The number of hydrogen-bond acceptors (Lipinski definition) is 4. The molecule has 14 heavy (non-hydrogen) atoms. The van der Waals surface area contributed by atoms with Crippen molar-refractivity contribution in [3.05, 3.63) is 23.8 Å². The first kappa shape index (κ1) is 10.0. The van der Waals surface area contributed by atoms with Crippen molar-refractivity contribution in [3.63, 3.8) is 0 Å². The number of phenolic OH excluding ortho intramolecular Hbond substituents is 1. The second-order valence-electron chi connectivity index (χ2n) is 2.52. The molecule has 1 rings (SSSR count). The van der Waals surface area contributed by atoms with Crippen molar-refractivity contribution in [1.29, 1.82) is 0 Å². The van der Waals surface area contributed by atoms with E-state index in [1.54, 1.807) is 0 Å². The first-order valence-electron chi connectivity index (χ1n) is 3.71. The van der Waals surface area contributed by atoms with Gasteiger partial charge in [-0.2, -0.15) is 0 Å². The van der Waals surface area contributed by atoms with Gasteiger partial charge in [-0.15, -0.1) is 0 Å². The molecule has 0 saturated carbocycles. The molecule has 5 nitrogen and oxygen atoms in total. The van der Waals surface area contributed by atoms with Crippen LogP contribution in [0.15, 0.2) is 18.2 Å². The number of phenols is 1. The van der Waals surface area contributed by atoms with Gasteiger partial charge in [-0.05, 0) is 18.2 Å². The van der Waals surface area contributed by atoms with Crippen molar-refractivity contribution >= 4 is 11.8 Å². The van der Waals surface area contributed by atoms with E-state index < -0.39 is 11.8 Å². The lowest BCUT2D eigenvalue weighted by Gasteiger charge is -2.03. The zero-order valence-electron chi connectivity index (χ0n) is 7.35. The molecule has 5 heteroatoms. The number of hydrogen-bond donors (Lipinski definition) is 2. The number of aromatic hydroxyl groups is 1. The summed E-state index contributed by atoms with van der Waals surface area (Å²) in [6.07, 6.45) is 0. The number of benzene rings is 1. The van der Waals surface area contributed by atoms with Gasteiger partial charge in [-0.1, -0.05) is 0 Å². The van der Waals surface area contributed by atoms with Crippen molar-refractivity contribution < 1.29 is 24.5 Å². The van der Waals surface area contributed by atoms with E-state index in [-0.39, 0.29) is 11.3 Å². The Bertz CT molecular complexity index is 383. The van der Waals surface area contributed by atoms with Crippen LogP contribution in [0.1, 0.15) is 10.4 Å². The summed E-state index contributed by atoms with van der Waals surface area (Å²) in [6, 6.07) is 3.80. The van der Waals surface area contributed by atoms with Gasteiger partial charge in [0, 0.05) is 0 Å². The number of carbonyl (C=O) groups is 2. The number of methoxy groups -OCH3 is 1. The molecule has 0 amide bonds. The molecule has 1 aromatic carbocycles. The monoisotopic (exact) mass is 196 g/mol. The van der Waals surface area contributed by atoms with E-state index in [1.807, 2.05) is 0 Å². The van der Waals surface area contributed by atoms with Crippen LogP contribution in [0, 0.1) is 0 Å². The molecule has 0 aliphatic heterocycles. The van der Waals surface area contributed by atoms with Crippen molar-refractivity contribution in [2.75, 3.05) is 7.11 Å². The molecule has 0 spiro atoms. The Hall–Kier alpha value is -2.04. The van der Waals surface area contributed by atoms with E-state index in [9.17, 15) is 14.7 Å². The topological polar surface area (TPSA) is 83.8 Å². The molecule has 74 valence electrons. The van der Waals surface area contributed by atoms with Crippen LogP contribution in [0.4, 0.5) is 0 Å². The zero-order chi connectivity index (χ0) is 10.7. The second kappa shape index (κ2) is 3.78. The maximum absolute atomic E-state index is 11.0. The predicted molar refractivity (Wildman–Crippen MR) is 46.6 cm³/mol. The van der Waals surface area contributed by atoms with Crippen LogP contribution in [0.25, 0.3) is 0 Å². The summed E-state index contributed by atoms with van der Waals surface area (Å²) >= 11 is 0. The molecule has 0 bridgehead atoms. The molecule has 0 atom stereocenters. The fraction of sp³-hybridized carbons (Fsp3) is 0.111. The number of Topliss-reactive ketones (excluding diaryl/α,β-unsaturated/α-hetero) is 1. The van der Waals surface area contributed by atoms with Crippen molar-refractivity contribution in [2.45, 2.75) is 0 Å². The fourth-order valence-electron chi connectivity index (χ4n) is 0.939. The van der Waals surface area contributed by atoms with Crippen LogP contribution in [0.2, 0.25) is 0 Å². The van der Waals surface area contributed by atoms with E-state index in [0.29, 0.717) is 5.75 Å². The van der Waals surface area contributed by atoms with Crippen LogP contribution in [-0.4, -0.2) is 29.1 Å². The van der Waals surface area contributed by atoms with Gasteiger partial charge in [0.05, 0.1) is 12.7 Å². The number of aliphatic carboxylic acids is 1. The summed E-state index contributed by atoms with van der Waals surface area (Å²) in [4.78, 5) is 21.4. The Morgan fingerprint density at radius 2 is 2.00 bits per heavy atom. The van der Waals surface area contributed by atoms with Crippen LogP contribution in [0.3, 0.4) is 0 Å². The standard InChI is InChI=1S/C9H8O5/c1-14-5-2-3-7(10)6(4-5)8(11)9(12)13/h2-4,10H,1H3,(H,12,13). The molecule has 0 fully saturated rings. The number of ether oxygens (including phenoxy) is 1. The molecule has 1 aromatic rings. The average molecular weight is 196 g/mol. The molecule has 0 aliphatic rings. The smallest absolute Gasteiger partial charge is 0.377 e. The second-order valence-corrected chi connectivity index (χ2v) is 2.52. The molecule has 0 radical (unpaired) electrons. The first-order chi connectivity index (χ1) is 6.56. The summed E-state index contributed by atoms with van der Waals surface area (Å²) in [5.74, 6) is -2.85. The third-order valence-corrected chi connectivity index (χ3v) is 1.64. The van der Waals surface area contributed by atoms with Gasteiger partial charge in [0.25, 0.3) is 5.78 Å².